The molecule has 0 saturated heterocycles. The number of nitrogens with zero attached hydrogens (tertiary/aromatic N) is 2. The molecule has 68 heavy (non-hydrogen) atoms. The van der Waals surface area contributed by atoms with Gasteiger partial charge >= 0.3 is 5.97 Å². The maximum absolute atomic E-state index is 11.9. The van der Waals surface area contributed by atoms with Gasteiger partial charge in [0.15, 0.2) is 0 Å². The molecule has 0 atom stereocenters. The number of hydrogen-bond acceptors (Lipinski definition) is 5. The second-order valence-electron chi connectivity index (χ2n) is 18.5. The molecule has 8 heteroatoms. The van der Waals surface area contributed by atoms with Crippen LogP contribution in [0.4, 0.5) is 0 Å². The number of fused-ring (bicyclic) bond motifs is 3. The summed E-state index contributed by atoms with van der Waals surface area (Å²) in [7, 11) is 0. The highest BCUT2D eigenvalue weighted by atomic mass is 32.1. The first-order chi connectivity index (χ1) is 33.3. The van der Waals surface area contributed by atoms with Crippen LogP contribution >= 0.6 is 34.0 Å². The maximum Gasteiger partial charge on any atom is 0.333 e. The molecule has 1 N–H and O–H groups in total. The van der Waals surface area contributed by atoms with Crippen LogP contribution in [0.1, 0.15) is 159 Å². The Bertz CT molecular complexity index is 2810. The molecular formula is C60H72N2O3S3. The average Bonchev–Trinajstić information content (AvgIpc) is 4.15. The topological polar surface area (TPSA) is 55.8 Å². The smallest absolute Gasteiger partial charge is 0.333 e. The van der Waals surface area contributed by atoms with Gasteiger partial charge in [-0.15, -0.1) is 34.0 Å². The second kappa shape index (κ2) is 25.6. The summed E-state index contributed by atoms with van der Waals surface area (Å²) in [6.07, 6.45) is 23.8. The van der Waals surface area contributed by atoms with E-state index in [0.717, 1.165) is 62.3 Å². The number of carboxylic acid groups (broad SMARTS) is 1. The minimum Gasteiger partial charge on any atom is -0.494 e. The fourth-order valence-corrected chi connectivity index (χ4v) is 13.4. The van der Waals surface area contributed by atoms with Gasteiger partial charge in [0.1, 0.15) is 5.75 Å². The monoisotopic (exact) mass is 964 g/mol. The lowest BCUT2D eigenvalue weighted by Gasteiger charge is -2.08. The van der Waals surface area contributed by atoms with Crippen LogP contribution in [0.5, 0.6) is 5.75 Å². The molecule has 4 aromatic heterocycles. The third kappa shape index (κ3) is 12.6. The SMILES string of the molecule is [C-]#[N+]/C(=C\c1cc(CCCCCC)c(-c2cc(CCCCCC)c(-c3cc(CCCCCC)c(-c4ccc5c(c4)c4cc(-c6ccc(OCCCCCC)cc6)ccc4n5CC)s3)s2)s1)C(=O)O. The van der Waals surface area contributed by atoms with Crippen molar-refractivity contribution < 1.29 is 14.6 Å². The van der Waals surface area contributed by atoms with Gasteiger partial charge in [0.05, 0.1) is 13.2 Å². The molecule has 0 amide bonds. The number of unbranched alkanes of at least 4 members (excludes halogenated alkanes) is 12. The van der Waals surface area contributed by atoms with Crippen LogP contribution in [0.3, 0.4) is 0 Å². The van der Waals surface area contributed by atoms with Crippen molar-refractivity contribution in [2.75, 3.05) is 6.61 Å². The largest absolute Gasteiger partial charge is 0.494 e. The quantitative estimate of drug-likeness (QED) is 0.0302. The van der Waals surface area contributed by atoms with E-state index in [1.54, 1.807) is 17.4 Å². The summed E-state index contributed by atoms with van der Waals surface area (Å²) >= 11 is 5.52. The second-order valence-corrected chi connectivity index (χ2v) is 21.6. The van der Waals surface area contributed by atoms with Crippen LogP contribution in [-0.4, -0.2) is 22.2 Å². The lowest BCUT2D eigenvalue weighted by molar-refractivity contribution is -0.132. The number of aliphatic carboxylic acids is 1. The van der Waals surface area contributed by atoms with Crippen LogP contribution < -0.4 is 4.74 Å². The van der Waals surface area contributed by atoms with Crippen LogP contribution in [0.15, 0.2) is 84.6 Å². The molecule has 0 radical (unpaired) electrons. The Morgan fingerprint density at radius 1 is 0.574 bits per heavy atom. The maximum atomic E-state index is 11.9. The standard InChI is InChI=1S/C60H72N2O3S3/c1-7-12-16-20-24-44-36-49(41-52(61-6)60(63)64)66-58(44)55-40-46(26-22-18-14-9-3)59(68-55)56-39-45(25-21-17-13-8-2)57(67-56)47-30-34-54-51(38-47)50-37-43(29-33-53(50)62(54)11-5)42-27-31-48(32-28-42)65-35-23-19-15-10-4/h27-34,36-41H,7-26,35H2,1-5H3,(H,63,64)/b52-41-. The van der Waals surface area contributed by atoms with E-state index in [0.29, 0.717) is 0 Å². The third-order valence-corrected chi connectivity index (χ3v) is 17.2. The van der Waals surface area contributed by atoms with Crippen molar-refractivity contribution in [1.82, 2.24) is 4.57 Å². The molecule has 0 saturated carbocycles. The number of aromatic nitrogens is 1. The molecule has 0 unspecified atom stereocenters. The molecule has 358 valence electrons. The van der Waals surface area contributed by atoms with E-state index in [4.69, 9.17) is 11.3 Å². The third-order valence-electron chi connectivity index (χ3n) is 13.3. The highest BCUT2D eigenvalue weighted by Crippen LogP contribution is 2.49. The fourth-order valence-electron chi connectivity index (χ4n) is 9.55. The van der Waals surface area contributed by atoms with Gasteiger partial charge in [0.25, 0.3) is 5.70 Å². The van der Waals surface area contributed by atoms with Gasteiger partial charge in [-0.2, -0.15) is 0 Å². The normalized spacial score (nSPS) is 11.9. The van der Waals surface area contributed by atoms with E-state index < -0.39 is 5.97 Å². The van der Waals surface area contributed by atoms with Crippen LogP contribution in [-0.2, 0) is 30.6 Å². The Morgan fingerprint density at radius 2 is 1.06 bits per heavy atom. The van der Waals surface area contributed by atoms with E-state index >= 15 is 0 Å². The van der Waals surface area contributed by atoms with Crippen molar-refractivity contribution in [3.05, 3.63) is 118 Å². The summed E-state index contributed by atoms with van der Waals surface area (Å²) in [6, 6.07) is 29.9. The molecule has 0 aliphatic carbocycles. The Morgan fingerprint density at radius 3 is 1.60 bits per heavy atom. The Hall–Kier alpha value is -4.94. The molecular weight excluding hydrogens is 893 g/mol. The summed E-state index contributed by atoms with van der Waals surface area (Å²) in [5.74, 6) is -0.238. The van der Waals surface area contributed by atoms with Crippen LogP contribution in [0.2, 0.25) is 0 Å². The number of carboxylic acids is 1. The highest BCUT2D eigenvalue weighted by molar-refractivity contribution is 7.27. The van der Waals surface area contributed by atoms with Gasteiger partial charge in [-0.3, -0.25) is 4.79 Å². The fraction of sp³-hybridized carbons (Fsp3) is 0.433. The molecule has 0 aliphatic rings. The number of hydrogen-bond donors (Lipinski definition) is 1. The Labute approximate surface area is 418 Å². The van der Waals surface area contributed by atoms with Gasteiger partial charge in [-0.25, -0.2) is 4.85 Å². The van der Waals surface area contributed by atoms with Gasteiger partial charge in [-0.1, -0.05) is 129 Å². The molecule has 0 bridgehead atoms. The van der Waals surface area contributed by atoms with E-state index in [1.807, 2.05) is 22.7 Å². The molecule has 7 rings (SSSR count). The summed E-state index contributed by atoms with van der Waals surface area (Å²) in [5.41, 5.74) is 10.1. The number of thiophene rings is 3. The summed E-state index contributed by atoms with van der Waals surface area (Å²) in [4.78, 5) is 22.7. The van der Waals surface area contributed by atoms with Crippen molar-refractivity contribution in [1.29, 1.82) is 0 Å². The van der Waals surface area contributed by atoms with E-state index in [9.17, 15) is 9.90 Å². The first kappa shape index (κ1) is 50.9. The first-order valence-electron chi connectivity index (χ1n) is 25.8. The minimum absolute atomic E-state index is 0.238. The average molecular weight is 965 g/mol. The Kier molecular flexibility index (Phi) is 19.2. The first-order valence-corrected chi connectivity index (χ1v) is 28.3. The predicted molar refractivity (Wildman–Crippen MR) is 296 cm³/mol. The molecule has 0 fully saturated rings. The summed E-state index contributed by atoms with van der Waals surface area (Å²) in [5, 5.41) is 12.3. The number of aryl methyl sites for hydroxylation is 4. The Balaban J connectivity index is 1.29. The van der Waals surface area contributed by atoms with Gasteiger partial charge in [0, 0.05) is 57.6 Å². The van der Waals surface area contributed by atoms with Crippen molar-refractivity contribution in [3.8, 4) is 46.8 Å². The predicted octanol–water partition coefficient (Wildman–Crippen LogP) is 19.3. The lowest BCUT2D eigenvalue weighted by Crippen LogP contribution is -1.97. The molecule has 5 nitrogen and oxygen atoms in total. The summed E-state index contributed by atoms with van der Waals surface area (Å²) < 4.78 is 8.56. The zero-order chi connectivity index (χ0) is 47.8. The van der Waals surface area contributed by atoms with Crippen molar-refractivity contribution >= 4 is 67.9 Å². The zero-order valence-electron chi connectivity index (χ0n) is 41.3. The van der Waals surface area contributed by atoms with Crippen LogP contribution in [0.25, 0.3) is 73.8 Å². The van der Waals surface area contributed by atoms with Crippen molar-refractivity contribution in [2.24, 2.45) is 0 Å². The van der Waals surface area contributed by atoms with E-state index in [2.05, 4.69) is 123 Å². The van der Waals surface area contributed by atoms with Gasteiger partial charge in [-0.05, 0) is 146 Å². The molecule has 0 spiro atoms. The van der Waals surface area contributed by atoms with Crippen LogP contribution in [0, 0.1) is 6.57 Å². The molecule has 3 aromatic carbocycles. The van der Waals surface area contributed by atoms with Gasteiger partial charge < -0.3 is 14.4 Å². The van der Waals surface area contributed by atoms with Gasteiger partial charge in [0.2, 0.25) is 0 Å². The van der Waals surface area contributed by atoms with E-state index in [-0.39, 0.29) is 5.70 Å². The minimum atomic E-state index is -1.17. The number of benzene rings is 3. The zero-order valence-corrected chi connectivity index (χ0v) is 43.8. The van der Waals surface area contributed by atoms with E-state index in [1.165, 1.54) is 163 Å². The van der Waals surface area contributed by atoms with Crippen molar-refractivity contribution in [2.45, 2.75) is 163 Å². The number of ether oxygens (including phenoxy) is 1. The molecule has 0 aliphatic heterocycles. The van der Waals surface area contributed by atoms with Crippen molar-refractivity contribution in [3.63, 3.8) is 0 Å². The molecule has 4 heterocycles. The lowest BCUT2D eigenvalue weighted by atomic mass is 10.00. The molecule has 7 aromatic rings. The number of carbonyl (C=O) groups is 1. The highest BCUT2D eigenvalue weighted by Gasteiger charge is 2.22. The number of rotatable bonds is 28. The summed E-state index contributed by atoms with van der Waals surface area (Å²) in [6.45, 7) is 20.5.